The number of carbonyl (C=O) groups is 1. The molecule has 0 saturated carbocycles. The van der Waals surface area contributed by atoms with Crippen LogP contribution in [0.1, 0.15) is 34.6 Å². The van der Waals surface area contributed by atoms with Crippen molar-refractivity contribution >= 4 is 23.3 Å². The standard InChI is InChI=1S/C7H16N2S.C2H4O2/c1-5(2)8-7(10)9-6(3)4;1-2(3)4/h5-6H,1-4H3,(H2,8,9,10);1H3,(H,3,4). The minimum absolute atomic E-state index is 0.416. The molecule has 0 bridgehead atoms. The third kappa shape index (κ3) is 22.5. The maximum absolute atomic E-state index is 9.00. The van der Waals surface area contributed by atoms with E-state index in [9.17, 15) is 0 Å². The summed E-state index contributed by atoms with van der Waals surface area (Å²) in [6.45, 7) is 9.34. The van der Waals surface area contributed by atoms with Gasteiger partial charge in [-0.2, -0.15) is 0 Å². The Balaban J connectivity index is 0. The van der Waals surface area contributed by atoms with E-state index < -0.39 is 5.97 Å². The van der Waals surface area contributed by atoms with Crippen LogP contribution in [-0.4, -0.2) is 28.3 Å². The molecule has 84 valence electrons. The van der Waals surface area contributed by atoms with Crippen molar-refractivity contribution in [2.45, 2.75) is 46.7 Å². The summed E-state index contributed by atoms with van der Waals surface area (Å²) in [6, 6.07) is 0.831. The number of aliphatic carboxylic acids is 1. The van der Waals surface area contributed by atoms with Crippen molar-refractivity contribution in [3.8, 4) is 0 Å². The molecule has 0 aliphatic rings. The summed E-state index contributed by atoms with van der Waals surface area (Å²) < 4.78 is 0. The first-order valence-corrected chi connectivity index (χ1v) is 4.93. The van der Waals surface area contributed by atoms with Gasteiger partial charge in [0.2, 0.25) is 0 Å². The molecular formula is C9H20N2O2S. The molecule has 0 heterocycles. The van der Waals surface area contributed by atoms with E-state index in [0.29, 0.717) is 12.1 Å². The Hall–Kier alpha value is -0.840. The van der Waals surface area contributed by atoms with E-state index in [0.717, 1.165) is 12.0 Å². The predicted octanol–water partition coefficient (Wildman–Crippen LogP) is 1.36. The molecule has 0 rings (SSSR count). The van der Waals surface area contributed by atoms with Crippen LogP contribution in [0.2, 0.25) is 0 Å². The molecule has 0 spiro atoms. The lowest BCUT2D eigenvalue weighted by Gasteiger charge is -2.14. The Morgan fingerprint density at radius 3 is 1.50 bits per heavy atom. The summed E-state index contributed by atoms with van der Waals surface area (Å²) >= 11 is 4.98. The highest BCUT2D eigenvalue weighted by molar-refractivity contribution is 7.80. The van der Waals surface area contributed by atoms with Crippen LogP contribution in [0.5, 0.6) is 0 Å². The maximum Gasteiger partial charge on any atom is 0.300 e. The zero-order valence-corrected chi connectivity index (χ0v) is 10.2. The molecule has 0 aliphatic carbocycles. The van der Waals surface area contributed by atoms with Gasteiger partial charge in [-0.25, -0.2) is 0 Å². The van der Waals surface area contributed by atoms with Gasteiger partial charge in [-0.05, 0) is 39.9 Å². The number of hydrogen-bond donors (Lipinski definition) is 3. The molecule has 5 heteroatoms. The topological polar surface area (TPSA) is 61.4 Å². The minimum atomic E-state index is -0.833. The lowest BCUT2D eigenvalue weighted by atomic mass is 10.4. The van der Waals surface area contributed by atoms with Gasteiger partial charge < -0.3 is 15.7 Å². The van der Waals surface area contributed by atoms with E-state index >= 15 is 0 Å². The van der Waals surface area contributed by atoms with E-state index in [1.165, 1.54) is 0 Å². The fourth-order valence-electron chi connectivity index (χ4n) is 0.566. The smallest absolute Gasteiger partial charge is 0.300 e. The summed E-state index contributed by atoms with van der Waals surface area (Å²) in [5.41, 5.74) is 0. The van der Waals surface area contributed by atoms with Crippen LogP contribution in [0.3, 0.4) is 0 Å². The van der Waals surface area contributed by atoms with Crippen molar-refractivity contribution in [2.75, 3.05) is 0 Å². The van der Waals surface area contributed by atoms with E-state index in [1.807, 2.05) is 0 Å². The van der Waals surface area contributed by atoms with Gasteiger partial charge >= 0.3 is 0 Å². The second-order valence-electron chi connectivity index (χ2n) is 3.45. The van der Waals surface area contributed by atoms with Gasteiger partial charge in [-0.3, -0.25) is 4.79 Å². The number of thiocarbonyl (C=S) groups is 1. The molecule has 4 nitrogen and oxygen atoms in total. The molecule has 0 aliphatic heterocycles. The zero-order chi connectivity index (χ0) is 11.7. The average molecular weight is 220 g/mol. The van der Waals surface area contributed by atoms with Crippen LogP contribution in [-0.2, 0) is 4.79 Å². The van der Waals surface area contributed by atoms with Crippen LogP contribution in [0.4, 0.5) is 0 Å². The van der Waals surface area contributed by atoms with E-state index in [1.54, 1.807) is 0 Å². The van der Waals surface area contributed by atoms with E-state index in [2.05, 4.69) is 38.3 Å². The summed E-state index contributed by atoms with van der Waals surface area (Å²) in [4.78, 5) is 9.00. The molecule has 0 aromatic carbocycles. The van der Waals surface area contributed by atoms with Crippen LogP contribution < -0.4 is 10.6 Å². The third-order valence-corrected chi connectivity index (χ3v) is 1.08. The number of carboxylic acid groups (broad SMARTS) is 1. The van der Waals surface area contributed by atoms with Crippen LogP contribution in [0, 0.1) is 0 Å². The lowest BCUT2D eigenvalue weighted by molar-refractivity contribution is -0.134. The number of nitrogens with one attached hydrogen (secondary N) is 2. The SMILES string of the molecule is CC(=O)O.CC(C)NC(=S)NC(C)C. The van der Waals surface area contributed by atoms with Gasteiger partial charge in [0, 0.05) is 19.0 Å². The minimum Gasteiger partial charge on any atom is -0.481 e. The molecule has 0 amide bonds. The fourth-order valence-corrected chi connectivity index (χ4v) is 1.04. The average Bonchev–Trinajstić information content (AvgIpc) is 1.79. The molecule has 14 heavy (non-hydrogen) atoms. The van der Waals surface area contributed by atoms with Crippen LogP contribution in [0.25, 0.3) is 0 Å². The predicted molar refractivity (Wildman–Crippen MR) is 62.5 cm³/mol. The highest BCUT2D eigenvalue weighted by Crippen LogP contribution is 1.80. The summed E-state index contributed by atoms with van der Waals surface area (Å²) in [7, 11) is 0. The maximum atomic E-state index is 9.00. The number of hydrogen-bond acceptors (Lipinski definition) is 2. The first-order chi connectivity index (χ1) is 6.25. The van der Waals surface area contributed by atoms with Gasteiger partial charge in [0.1, 0.15) is 0 Å². The Morgan fingerprint density at radius 2 is 1.36 bits per heavy atom. The molecule has 0 aromatic rings. The molecule has 0 atom stereocenters. The van der Waals surface area contributed by atoms with Gasteiger partial charge in [0.15, 0.2) is 5.11 Å². The molecule has 0 aromatic heterocycles. The molecule has 0 saturated heterocycles. The second-order valence-corrected chi connectivity index (χ2v) is 3.85. The quantitative estimate of drug-likeness (QED) is 0.613. The first-order valence-electron chi connectivity index (χ1n) is 4.52. The van der Waals surface area contributed by atoms with E-state index in [4.69, 9.17) is 22.1 Å². The van der Waals surface area contributed by atoms with Crippen molar-refractivity contribution < 1.29 is 9.90 Å². The molecule has 0 radical (unpaired) electrons. The molecule has 3 N–H and O–H groups in total. The van der Waals surface area contributed by atoms with Crippen molar-refractivity contribution in [3.05, 3.63) is 0 Å². The highest BCUT2D eigenvalue weighted by Gasteiger charge is 1.98. The largest absolute Gasteiger partial charge is 0.481 e. The number of rotatable bonds is 2. The van der Waals surface area contributed by atoms with Crippen molar-refractivity contribution in [2.24, 2.45) is 0 Å². The Kier molecular flexibility index (Phi) is 9.76. The Morgan fingerprint density at radius 1 is 1.14 bits per heavy atom. The monoisotopic (exact) mass is 220 g/mol. The summed E-state index contributed by atoms with van der Waals surface area (Å²) in [6.07, 6.45) is 0. The normalized spacial score (nSPS) is 9.07. The van der Waals surface area contributed by atoms with Crippen molar-refractivity contribution in [3.63, 3.8) is 0 Å². The summed E-state index contributed by atoms with van der Waals surface area (Å²) in [5.74, 6) is -0.833. The second kappa shape index (κ2) is 8.74. The zero-order valence-electron chi connectivity index (χ0n) is 9.42. The number of carboxylic acids is 1. The van der Waals surface area contributed by atoms with Crippen LogP contribution >= 0.6 is 12.2 Å². The lowest BCUT2D eigenvalue weighted by Crippen LogP contribution is -2.42. The van der Waals surface area contributed by atoms with Gasteiger partial charge in [0.05, 0.1) is 0 Å². The molecular weight excluding hydrogens is 200 g/mol. The van der Waals surface area contributed by atoms with Crippen molar-refractivity contribution in [1.29, 1.82) is 0 Å². The highest BCUT2D eigenvalue weighted by atomic mass is 32.1. The third-order valence-electron chi connectivity index (χ3n) is 0.840. The Labute approximate surface area is 91.1 Å². The van der Waals surface area contributed by atoms with Gasteiger partial charge in [-0.1, -0.05) is 0 Å². The van der Waals surface area contributed by atoms with Gasteiger partial charge in [0.25, 0.3) is 5.97 Å². The molecule has 0 fully saturated rings. The first kappa shape index (κ1) is 15.6. The fraction of sp³-hybridized carbons (Fsp3) is 0.778. The Bertz CT molecular complexity index is 166. The molecule has 0 unspecified atom stereocenters. The van der Waals surface area contributed by atoms with Gasteiger partial charge in [-0.15, -0.1) is 0 Å². The van der Waals surface area contributed by atoms with Crippen LogP contribution in [0.15, 0.2) is 0 Å². The summed E-state index contributed by atoms with van der Waals surface area (Å²) in [5, 5.41) is 14.3. The van der Waals surface area contributed by atoms with E-state index in [-0.39, 0.29) is 0 Å². The van der Waals surface area contributed by atoms with Crippen molar-refractivity contribution in [1.82, 2.24) is 10.6 Å².